The Hall–Kier alpha value is -4.72. The molecule has 0 aliphatic heterocycles. The number of nitrogen functional groups attached to an aromatic ring is 1. The molecule has 0 aromatic heterocycles. The summed E-state index contributed by atoms with van der Waals surface area (Å²) in [6.07, 6.45) is 0. The number of azo groups is 1. The van der Waals surface area contributed by atoms with Gasteiger partial charge in [-0.25, -0.2) is 0 Å². The van der Waals surface area contributed by atoms with Crippen molar-refractivity contribution in [1.29, 1.82) is 5.39 Å². The molecule has 306 valence electrons. The first kappa shape index (κ1) is 58.6. The van der Waals surface area contributed by atoms with E-state index in [4.69, 9.17) is 31.5 Å². The second-order valence-electron chi connectivity index (χ2n) is 15.0. The molecule has 0 bridgehead atoms. The molecule has 0 saturated carbocycles. The van der Waals surface area contributed by atoms with E-state index in [2.05, 4.69) is 36.0 Å². The number of para-hydroxylation sites is 1. The van der Waals surface area contributed by atoms with Crippen LogP contribution in [-0.2, 0) is 10.8 Å². The van der Waals surface area contributed by atoms with Crippen LogP contribution < -0.4 is 64.8 Å². The van der Waals surface area contributed by atoms with Gasteiger partial charge in [0.1, 0.15) is 28.7 Å². The number of anilines is 1. The Bertz CT molecular complexity index is 2160. The van der Waals surface area contributed by atoms with E-state index in [1.54, 1.807) is 55.5 Å². The summed E-state index contributed by atoms with van der Waals surface area (Å²) in [6.45, 7) is 21.6. The van der Waals surface area contributed by atoms with Crippen LogP contribution in [0.3, 0.4) is 0 Å². The summed E-state index contributed by atoms with van der Waals surface area (Å²) >= 11 is 0. The zero-order valence-corrected chi connectivity index (χ0v) is 40.4. The number of aromatic hydroxyl groups is 5. The quantitative estimate of drug-likeness (QED) is 0.0231. The summed E-state index contributed by atoms with van der Waals surface area (Å²) in [5.74, 6) is 1.50. The second kappa shape index (κ2) is 27.1. The predicted octanol–water partition coefficient (Wildman–Crippen LogP) is 5.98. The normalized spacial score (nSPS) is 10.0. The van der Waals surface area contributed by atoms with Crippen molar-refractivity contribution in [2.75, 3.05) is 5.73 Å². The number of rotatable bonds is 2. The van der Waals surface area contributed by atoms with Gasteiger partial charge in [0.2, 0.25) is 5.39 Å². The summed E-state index contributed by atoms with van der Waals surface area (Å²) in [5.41, 5.74) is 13.7. The topological polar surface area (TPSA) is 263 Å². The summed E-state index contributed by atoms with van der Waals surface area (Å²) in [6, 6.07) is 24.2. The zero-order valence-electron chi connectivity index (χ0n) is 36.4. The van der Waals surface area contributed by atoms with Crippen molar-refractivity contribution in [1.82, 2.24) is 0 Å². The van der Waals surface area contributed by atoms with Gasteiger partial charge < -0.3 is 46.9 Å². The van der Waals surface area contributed by atoms with Gasteiger partial charge in [0.05, 0.1) is 11.4 Å². The molecule has 16 heteroatoms. The molecule has 59 heavy (non-hydrogen) atoms. The van der Waals surface area contributed by atoms with Crippen LogP contribution in [-0.4, -0.2) is 31.0 Å². The van der Waals surface area contributed by atoms with Gasteiger partial charge in [-0.1, -0.05) is 59.7 Å². The van der Waals surface area contributed by atoms with Gasteiger partial charge in [0, 0.05) is 23.4 Å². The molecule has 0 radical (unpaired) electrons. The van der Waals surface area contributed by atoms with Crippen molar-refractivity contribution < 1.29 is 90.1 Å². The summed E-state index contributed by atoms with van der Waals surface area (Å²) in [5, 5.41) is 73.2. The minimum atomic E-state index is -0.171. The van der Waals surface area contributed by atoms with Crippen LogP contribution in [0.1, 0.15) is 80.5 Å². The first-order chi connectivity index (χ1) is 26.0. The third-order valence-electron chi connectivity index (χ3n) is 8.12. The number of phenols is 5. The van der Waals surface area contributed by atoms with E-state index in [9.17, 15) is 15.3 Å². The molecule has 14 nitrogen and oxygen atoms in total. The molecule has 0 atom stereocenters. The van der Waals surface area contributed by atoms with E-state index in [1.807, 2.05) is 72.7 Å². The van der Waals surface area contributed by atoms with Crippen molar-refractivity contribution >= 4 is 22.7 Å². The monoisotopic (exact) mass is 829 g/mol. The molecule has 0 spiro atoms. The Labute approximate surface area is 391 Å². The molecular formula is C43H55N6Na2O8+. The minimum Gasteiger partial charge on any atom is -0.870 e. The SMILES string of the molecule is Cc1cc(N)ccc1O.Cc1cc(N=Nc2cc(C)c(O)c(C(C)(C)C)c2)ccc1O.Cc1cc([N+]#N)ccc1O.Cc1cccc(C(C)(C)C)c1O.O=N[O-].[Na+].[Na+].[OH-]. The van der Waals surface area contributed by atoms with Crippen molar-refractivity contribution in [2.45, 2.75) is 87.0 Å². The van der Waals surface area contributed by atoms with Gasteiger partial charge in [-0.2, -0.15) is 10.2 Å². The van der Waals surface area contributed by atoms with Crippen LogP contribution in [0.4, 0.5) is 22.7 Å². The number of phenolic OH excluding ortho intramolecular Hbond substituents is 5. The molecule has 0 saturated heterocycles. The van der Waals surface area contributed by atoms with Crippen molar-refractivity contribution in [3.63, 3.8) is 0 Å². The Morgan fingerprint density at radius 3 is 1.42 bits per heavy atom. The summed E-state index contributed by atoms with van der Waals surface area (Å²) < 4.78 is 0. The van der Waals surface area contributed by atoms with E-state index in [0.29, 0.717) is 45.6 Å². The first-order valence-electron chi connectivity index (χ1n) is 17.5. The smallest absolute Gasteiger partial charge is 0.870 e. The fourth-order valence-corrected chi connectivity index (χ4v) is 4.85. The molecule has 5 aromatic carbocycles. The minimum absolute atomic E-state index is 0. The average Bonchev–Trinajstić information content (AvgIpc) is 3.11. The van der Waals surface area contributed by atoms with Crippen molar-refractivity contribution in [2.24, 2.45) is 15.6 Å². The largest absolute Gasteiger partial charge is 1.00 e. The molecule has 5 rings (SSSR count). The fraction of sp³-hybridized carbons (Fsp3) is 0.302. The van der Waals surface area contributed by atoms with E-state index < -0.39 is 0 Å². The number of nitrogens with zero attached hydrogens (tertiary/aromatic N) is 5. The number of aryl methyl sites for hydroxylation is 5. The summed E-state index contributed by atoms with van der Waals surface area (Å²) in [7, 11) is 0. The van der Waals surface area contributed by atoms with Crippen molar-refractivity contribution in [3.05, 3.63) is 139 Å². The van der Waals surface area contributed by atoms with Crippen LogP contribution >= 0.6 is 0 Å². The molecule has 0 amide bonds. The summed E-state index contributed by atoms with van der Waals surface area (Å²) in [4.78, 5) is 11.0. The Balaban J connectivity index is -0.000000726. The van der Waals surface area contributed by atoms with Gasteiger partial charge in [-0.05, 0) is 133 Å². The van der Waals surface area contributed by atoms with Gasteiger partial charge in [-0.3, -0.25) is 0 Å². The maximum atomic E-state index is 10.2. The Morgan fingerprint density at radius 2 is 1.00 bits per heavy atom. The van der Waals surface area contributed by atoms with Crippen LogP contribution in [0.2, 0.25) is 0 Å². The Kier molecular flexibility index (Phi) is 26.9. The standard InChI is InChI=1S/C18H22N2O2.C11H16O.C7H6N2O.C7H9NO.HNO2.2Na.H2O/c1-11-8-13(6-7-16(11)21)19-20-14-9-12(2)17(22)15(10-14)18(3,4)5;1-8-6-5-7-9(10(8)12)11(2,3)4;1-5-4-6(9-8)2-3-7(5)10;1-5-4-6(8)2-3-7(5)9;2-1-3;;;/h6-10,21-22H,1-5H3;5-7,12H,1-4H3;2-4H,1H3;2-4,9H,8H2,1H3;(H,2,3);;;1H2/q;;;;;2*+1;/p-1. The fourth-order valence-electron chi connectivity index (χ4n) is 4.85. The maximum absolute atomic E-state index is 10.2. The molecule has 0 unspecified atom stereocenters. The number of nitrogens with two attached hydrogens (primary N) is 1. The molecule has 8 N–H and O–H groups in total. The molecule has 0 fully saturated rings. The number of hydrogen-bond donors (Lipinski definition) is 6. The van der Waals surface area contributed by atoms with Crippen LogP contribution in [0.5, 0.6) is 28.7 Å². The third-order valence-corrected chi connectivity index (χ3v) is 8.12. The van der Waals surface area contributed by atoms with Gasteiger partial charge >= 0.3 is 64.8 Å². The molecule has 0 aliphatic rings. The van der Waals surface area contributed by atoms with Gasteiger partial charge in [-0.15, -0.1) is 5.34 Å². The zero-order chi connectivity index (χ0) is 43.0. The number of diazo groups is 1. The van der Waals surface area contributed by atoms with E-state index >= 15 is 0 Å². The Morgan fingerprint density at radius 1 is 0.576 bits per heavy atom. The third kappa shape index (κ3) is 20.2. The molecule has 0 aliphatic carbocycles. The van der Waals surface area contributed by atoms with Gasteiger partial charge in [0.15, 0.2) is 4.98 Å². The van der Waals surface area contributed by atoms with E-state index in [1.165, 1.54) is 12.1 Å². The molecular weight excluding hydrogens is 774 g/mol. The van der Waals surface area contributed by atoms with Crippen LogP contribution in [0.15, 0.2) is 100 Å². The van der Waals surface area contributed by atoms with E-state index in [-0.39, 0.29) is 86.9 Å². The van der Waals surface area contributed by atoms with Gasteiger partial charge in [0.25, 0.3) is 0 Å². The molecule has 5 aromatic rings. The average molecular weight is 830 g/mol. The molecule has 0 heterocycles. The predicted molar refractivity (Wildman–Crippen MR) is 226 cm³/mol. The van der Waals surface area contributed by atoms with Crippen LogP contribution in [0, 0.1) is 50.1 Å². The number of hydrogen-bond acceptors (Lipinski definition) is 13. The first-order valence-corrected chi connectivity index (χ1v) is 17.5. The van der Waals surface area contributed by atoms with Crippen molar-refractivity contribution in [3.8, 4) is 28.7 Å². The van der Waals surface area contributed by atoms with E-state index in [0.717, 1.165) is 38.7 Å². The van der Waals surface area contributed by atoms with Crippen LogP contribution in [0.25, 0.3) is 4.98 Å². The maximum Gasteiger partial charge on any atom is 1.00 e. The number of benzene rings is 5. The second-order valence-corrected chi connectivity index (χ2v) is 15.0.